The maximum atomic E-state index is 13.1. The molecule has 0 saturated heterocycles. The zero-order valence-electron chi connectivity index (χ0n) is 14.8. The lowest BCUT2D eigenvalue weighted by molar-refractivity contribution is -0.132. The van der Waals surface area contributed by atoms with Crippen LogP contribution in [-0.4, -0.2) is 11.6 Å². The maximum Gasteiger partial charge on any atom is 0.167 e. The van der Waals surface area contributed by atoms with Gasteiger partial charge >= 0.3 is 0 Å². The fourth-order valence-electron chi connectivity index (χ4n) is 5.89. The van der Waals surface area contributed by atoms with Crippen molar-refractivity contribution in [2.24, 2.45) is 28.6 Å². The van der Waals surface area contributed by atoms with E-state index >= 15 is 0 Å². The van der Waals surface area contributed by atoms with Crippen LogP contribution in [0.1, 0.15) is 73.1 Å². The van der Waals surface area contributed by atoms with Gasteiger partial charge in [0.05, 0.1) is 11.8 Å². The first kappa shape index (κ1) is 16.0. The fraction of sp³-hybridized carbons (Fsp3) is 0.800. The second-order valence-electron chi connectivity index (χ2n) is 8.75. The minimum Gasteiger partial charge on any atom is -0.298 e. The van der Waals surface area contributed by atoms with Crippen LogP contribution in [0.2, 0.25) is 0 Å². The molecular weight excluding hydrogens is 272 g/mol. The van der Waals surface area contributed by atoms with E-state index in [1.54, 1.807) is 0 Å². The lowest BCUT2D eigenvalue weighted by Gasteiger charge is -2.44. The van der Waals surface area contributed by atoms with Crippen molar-refractivity contribution in [2.75, 3.05) is 0 Å². The second-order valence-corrected chi connectivity index (χ2v) is 8.75. The predicted octanol–water partition coefficient (Wildman–Crippen LogP) is 4.72. The van der Waals surface area contributed by atoms with Gasteiger partial charge in [0.25, 0.3) is 0 Å². The van der Waals surface area contributed by atoms with Crippen LogP contribution in [-0.2, 0) is 9.59 Å². The van der Waals surface area contributed by atoms with E-state index in [1.807, 2.05) is 0 Å². The molecule has 3 rings (SSSR count). The molecule has 0 unspecified atom stereocenters. The van der Waals surface area contributed by atoms with Crippen LogP contribution in [0.5, 0.6) is 0 Å². The first-order valence-corrected chi connectivity index (χ1v) is 9.01. The number of carbonyl (C=O) groups is 2. The smallest absolute Gasteiger partial charge is 0.167 e. The molecule has 0 N–H and O–H groups in total. The van der Waals surface area contributed by atoms with Gasteiger partial charge in [-0.3, -0.25) is 9.59 Å². The molecule has 3 aliphatic rings. The molecule has 2 heteroatoms. The monoisotopic (exact) mass is 302 g/mol. The molecule has 3 atom stereocenters. The van der Waals surface area contributed by atoms with E-state index in [2.05, 4.69) is 34.6 Å². The van der Waals surface area contributed by atoms with Gasteiger partial charge in [0.1, 0.15) is 0 Å². The molecule has 0 aromatic carbocycles. The van der Waals surface area contributed by atoms with Gasteiger partial charge in [-0.25, -0.2) is 0 Å². The number of allylic oxidation sites excluding steroid dienone is 2. The summed E-state index contributed by atoms with van der Waals surface area (Å²) in [5, 5.41) is 0. The number of ketones is 2. The summed E-state index contributed by atoms with van der Waals surface area (Å²) in [6.45, 7) is 11.2. The quantitative estimate of drug-likeness (QED) is 0.657. The molecule has 2 bridgehead atoms. The van der Waals surface area contributed by atoms with E-state index in [4.69, 9.17) is 0 Å². The van der Waals surface area contributed by atoms with Crippen LogP contribution in [0.4, 0.5) is 0 Å². The number of carbonyl (C=O) groups excluding carboxylic acids is 2. The Bertz CT molecular complexity index is 552. The van der Waals surface area contributed by atoms with Gasteiger partial charge in [-0.15, -0.1) is 0 Å². The number of Topliss-reactive ketones (excluding diaryl/α,β-unsaturated/α-hetero) is 2. The highest BCUT2D eigenvalue weighted by Gasteiger charge is 2.66. The van der Waals surface area contributed by atoms with Gasteiger partial charge < -0.3 is 0 Å². The first-order valence-electron chi connectivity index (χ1n) is 9.01. The van der Waals surface area contributed by atoms with E-state index in [0.29, 0.717) is 17.8 Å². The molecule has 2 nitrogen and oxygen atoms in total. The maximum absolute atomic E-state index is 13.1. The Morgan fingerprint density at radius 3 is 2.36 bits per heavy atom. The molecule has 0 aromatic heterocycles. The highest BCUT2D eigenvalue weighted by Crippen LogP contribution is 2.67. The molecule has 0 amide bonds. The number of fused-ring (bicyclic) bond motifs is 1. The first-order chi connectivity index (χ1) is 10.2. The van der Waals surface area contributed by atoms with Crippen molar-refractivity contribution in [1.29, 1.82) is 0 Å². The summed E-state index contributed by atoms with van der Waals surface area (Å²) in [4.78, 5) is 25.7. The van der Waals surface area contributed by atoms with Crippen molar-refractivity contribution in [3.05, 3.63) is 11.1 Å². The van der Waals surface area contributed by atoms with Crippen LogP contribution in [0, 0.1) is 28.6 Å². The Hall–Kier alpha value is -0.920. The summed E-state index contributed by atoms with van der Waals surface area (Å²) >= 11 is 0. The fourth-order valence-corrected chi connectivity index (χ4v) is 5.89. The lowest BCUT2D eigenvalue weighted by Crippen LogP contribution is -2.44. The van der Waals surface area contributed by atoms with Crippen molar-refractivity contribution >= 4 is 11.6 Å². The highest BCUT2D eigenvalue weighted by atomic mass is 16.2. The van der Waals surface area contributed by atoms with Crippen molar-refractivity contribution in [1.82, 2.24) is 0 Å². The normalized spacial score (nSPS) is 38.1. The van der Waals surface area contributed by atoms with E-state index < -0.39 is 5.41 Å². The van der Waals surface area contributed by atoms with Crippen molar-refractivity contribution in [3.63, 3.8) is 0 Å². The molecule has 22 heavy (non-hydrogen) atoms. The van der Waals surface area contributed by atoms with E-state index in [0.717, 1.165) is 18.4 Å². The average molecular weight is 302 g/mol. The molecular formula is C20H30O2. The van der Waals surface area contributed by atoms with Crippen LogP contribution in [0.25, 0.3) is 0 Å². The van der Waals surface area contributed by atoms with E-state index in [-0.39, 0.29) is 23.4 Å². The summed E-state index contributed by atoms with van der Waals surface area (Å²) in [6, 6.07) is 0. The van der Waals surface area contributed by atoms with Crippen LogP contribution >= 0.6 is 0 Å². The standard InChI is InChI=1S/C20H30O2/c1-12(2)14-8-6-7-9-15-13(3)18-16(21)10-17(22)20(18,11-14)19(15,4)5/h12,14-15H,6-11H2,1-5H3/t14-,15-,20+/m1/s1. The van der Waals surface area contributed by atoms with Gasteiger partial charge in [-0.05, 0) is 42.9 Å². The largest absolute Gasteiger partial charge is 0.298 e. The third-order valence-electron chi connectivity index (χ3n) is 7.22. The Morgan fingerprint density at radius 2 is 1.73 bits per heavy atom. The van der Waals surface area contributed by atoms with Gasteiger partial charge in [-0.1, -0.05) is 52.5 Å². The second kappa shape index (κ2) is 5.04. The Balaban J connectivity index is 2.20. The zero-order valence-corrected chi connectivity index (χ0v) is 14.8. The molecule has 2 fully saturated rings. The van der Waals surface area contributed by atoms with Gasteiger partial charge in [-0.2, -0.15) is 0 Å². The van der Waals surface area contributed by atoms with E-state index in [1.165, 1.54) is 24.8 Å². The number of rotatable bonds is 1. The van der Waals surface area contributed by atoms with Crippen LogP contribution in [0.15, 0.2) is 11.1 Å². The summed E-state index contributed by atoms with van der Waals surface area (Å²) in [5.41, 5.74) is 1.58. The summed E-state index contributed by atoms with van der Waals surface area (Å²) in [6.07, 6.45) is 5.86. The zero-order chi connectivity index (χ0) is 16.3. The third kappa shape index (κ3) is 1.85. The molecule has 1 spiro atoms. The molecule has 0 radical (unpaired) electrons. The Labute approximate surface area is 134 Å². The Kier molecular flexibility index (Phi) is 3.66. The lowest BCUT2D eigenvalue weighted by atomic mass is 9.57. The SMILES string of the molecule is CC1=C2C(=O)CC(=O)[C@@]23C[C@H](C(C)C)CCCC[C@H]1C3(C)C. The number of hydrogen-bond donors (Lipinski definition) is 0. The van der Waals surface area contributed by atoms with Crippen LogP contribution < -0.4 is 0 Å². The molecule has 2 saturated carbocycles. The average Bonchev–Trinajstić information content (AvgIpc) is 2.78. The summed E-state index contributed by atoms with van der Waals surface area (Å²) in [7, 11) is 0. The van der Waals surface area contributed by atoms with Crippen molar-refractivity contribution in [3.8, 4) is 0 Å². The topological polar surface area (TPSA) is 34.1 Å². The van der Waals surface area contributed by atoms with Gasteiger partial charge in [0.15, 0.2) is 11.6 Å². The van der Waals surface area contributed by atoms with Crippen LogP contribution in [0.3, 0.4) is 0 Å². The van der Waals surface area contributed by atoms with Crippen molar-refractivity contribution < 1.29 is 9.59 Å². The molecule has 122 valence electrons. The minimum atomic E-state index is -0.488. The highest BCUT2D eigenvalue weighted by molar-refractivity contribution is 6.21. The van der Waals surface area contributed by atoms with E-state index in [9.17, 15) is 9.59 Å². The Morgan fingerprint density at radius 1 is 1.09 bits per heavy atom. The van der Waals surface area contributed by atoms with Crippen molar-refractivity contribution in [2.45, 2.75) is 73.1 Å². The molecule has 0 heterocycles. The molecule has 0 aliphatic heterocycles. The van der Waals surface area contributed by atoms with Gasteiger partial charge in [0.2, 0.25) is 0 Å². The van der Waals surface area contributed by atoms with Gasteiger partial charge in [0, 0.05) is 5.57 Å². The minimum absolute atomic E-state index is 0.104. The molecule has 0 aromatic rings. The summed E-state index contributed by atoms with van der Waals surface area (Å²) < 4.78 is 0. The molecule has 3 aliphatic carbocycles. The third-order valence-corrected chi connectivity index (χ3v) is 7.22. The predicted molar refractivity (Wildman–Crippen MR) is 88.4 cm³/mol. The summed E-state index contributed by atoms with van der Waals surface area (Å²) in [5.74, 6) is 1.87. The number of hydrogen-bond acceptors (Lipinski definition) is 2.